The van der Waals surface area contributed by atoms with Gasteiger partial charge in [-0.25, -0.2) is 9.59 Å². The molecule has 1 fully saturated rings. The second kappa shape index (κ2) is 7.61. The molecule has 0 bridgehead atoms. The Hall–Kier alpha value is -2.47. The highest BCUT2D eigenvalue weighted by Gasteiger charge is 2.46. The lowest BCUT2D eigenvalue weighted by Gasteiger charge is -2.29. The average molecular weight is 346 g/mol. The van der Waals surface area contributed by atoms with E-state index in [1.165, 1.54) is 6.92 Å². The van der Waals surface area contributed by atoms with Crippen LogP contribution in [-0.4, -0.2) is 41.6 Å². The van der Waals surface area contributed by atoms with Crippen molar-refractivity contribution in [3.05, 3.63) is 47.6 Å². The topological polar surface area (TPSA) is 89.9 Å². The van der Waals surface area contributed by atoms with Gasteiger partial charge in [0.2, 0.25) is 0 Å². The summed E-state index contributed by atoms with van der Waals surface area (Å²) in [4.78, 5) is 35.4. The number of fused-ring (bicyclic) bond motifs is 1. The molecule has 1 aliphatic heterocycles. The van der Waals surface area contributed by atoms with E-state index in [4.69, 9.17) is 9.47 Å². The maximum Gasteiger partial charge on any atom is 0.334 e. The highest BCUT2D eigenvalue weighted by atomic mass is 16.6. The molecular weight excluding hydrogens is 324 g/mol. The molecule has 25 heavy (non-hydrogen) atoms. The van der Waals surface area contributed by atoms with E-state index in [2.05, 4.69) is 13.2 Å². The third kappa shape index (κ3) is 3.96. The molecule has 0 aromatic rings. The monoisotopic (exact) mass is 346 g/mol. The van der Waals surface area contributed by atoms with Gasteiger partial charge in [0, 0.05) is 16.7 Å². The van der Waals surface area contributed by atoms with Crippen molar-refractivity contribution in [3.63, 3.8) is 0 Å². The number of aliphatic hydroxyl groups excluding tert-OH is 1. The molecule has 0 radical (unpaired) electrons. The first-order valence-corrected chi connectivity index (χ1v) is 8.03. The van der Waals surface area contributed by atoms with E-state index in [1.54, 1.807) is 12.2 Å². The Labute approximate surface area is 146 Å². The Morgan fingerprint density at radius 3 is 2.76 bits per heavy atom. The quantitative estimate of drug-likeness (QED) is 0.363. The van der Waals surface area contributed by atoms with Gasteiger partial charge in [-0.05, 0) is 32.8 Å². The summed E-state index contributed by atoms with van der Waals surface area (Å²) in [5.41, 5.74) is 1.33. The lowest BCUT2D eigenvalue weighted by molar-refractivity contribution is -0.150. The normalized spacial score (nSPS) is 33.9. The van der Waals surface area contributed by atoms with Gasteiger partial charge in [-0.2, -0.15) is 0 Å². The molecule has 1 aliphatic carbocycles. The maximum absolute atomic E-state index is 12.0. The van der Waals surface area contributed by atoms with Crippen molar-refractivity contribution in [2.24, 2.45) is 5.92 Å². The third-order valence-electron chi connectivity index (χ3n) is 4.35. The van der Waals surface area contributed by atoms with Crippen LogP contribution in [0, 0.1) is 5.92 Å². The lowest BCUT2D eigenvalue weighted by Crippen LogP contribution is -2.42. The van der Waals surface area contributed by atoms with E-state index in [9.17, 15) is 19.5 Å². The van der Waals surface area contributed by atoms with Crippen LogP contribution in [0.25, 0.3) is 0 Å². The van der Waals surface area contributed by atoms with Crippen molar-refractivity contribution >= 4 is 18.2 Å². The number of esters is 2. The number of carbonyl (C=O) groups is 3. The first-order valence-electron chi connectivity index (χ1n) is 8.03. The molecule has 4 atom stereocenters. The van der Waals surface area contributed by atoms with Crippen LogP contribution in [-0.2, 0) is 23.9 Å². The molecule has 0 spiro atoms. The van der Waals surface area contributed by atoms with E-state index in [0.717, 1.165) is 5.57 Å². The summed E-state index contributed by atoms with van der Waals surface area (Å²) >= 11 is 0. The van der Waals surface area contributed by atoms with Gasteiger partial charge in [0.15, 0.2) is 6.10 Å². The van der Waals surface area contributed by atoms with E-state index in [-0.39, 0.29) is 16.7 Å². The summed E-state index contributed by atoms with van der Waals surface area (Å²) < 4.78 is 10.6. The summed E-state index contributed by atoms with van der Waals surface area (Å²) in [6, 6.07) is 0. The summed E-state index contributed by atoms with van der Waals surface area (Å²) in [5.74, 6) is -2.15. The molecule has 1 saturated heterocycles. The molecule has 2 rings (SSSR count). The Balaban J connectivity index is 2.47. The minimum absolute atomic E-state index is 0.0868. The van der Waals surface area contributed by atoms with Gasteiger partial charge in [-0.15, -0.1) is 0 Å². The van der Waals surface area contributed by atoms with Crippen molar-refractivity contribution in [1.29, 1.82) is 0 Å². The second-order valence-electron chi connectivity index (χ2n) is 6.39. The predicted octanol–water partition coefficient (Wildman–Crippen LogP) is 1.80. The van der Waals surface area contributed by atoms with Crippen LogP contribution >= 0.6 is 0 Å². The molecule has 6 nitrogen and oxygen atoms in total. The zero-order valence-electron chi connectivity index (χ0n) is 14.4. The minimum Gasteiger partial charge on any atom is -0.454 e. The molecule has 1 N–H and O–H groups in total. The Morgan fingerprint density at radius 1 is 1.48 bits per heavy atom. The van der Waals surface area contributed by atoms with Gasteiger partial charge in [-0.1, -0.05) is 24.8 Å². The van der Waals surface area contributed by atoms with Gasteiger partial charge in [0.25, 0.3) is 0 Å². The number of hydrogen-bond donors (Lipinski definition) is 1. The van der Waals surface area contributed by atoms with Crippen LogP contribution in [0.5, 0.6) is 0 Å². The molecule has 6 heteroatoms. The van der Waals surface area contributed by atoms with Crippen LogP contribution in [0.3, 0.4) is 0 Å². The van der Waals surface area contributed by atoms with Gasteiger partial charge in [0.1, 0.15) is 18.5 Å². The fourth-order valence-corrected chi connectivity index (χ4v) is 2.95. The number of ether oxygens (including phenoxy) is 2. The zero-order chi connectivity index (χ0) is 18.7. The molecule has 0 aromatic carbocycles. The third-order valence-corrected chi connectivity index (χ3v) is 4.35. The predicted molar refractivity (Wildman–Crippen MR) is 90.3 cm³/mol. The molecule has 134 valence electrons. The molecule has 1 heterocycles. The number of allylic oxidation sites excluding steroid dienone is 2. The molecule has 0 amide bonds. The number of hydrogen-bond acceptors (Lipinski definition) is 6. The summed E-state index contributed by atoms with van der Waals surface area (Å²) in [7, 11) is 0. The van der Waals surface area contributed by atoms with E-state index in [0.29, 0.717) is 19.1 Å². The Kier molecular flexibility index (Phi) is 5.74. The van der Waals surface area contributed by atoms with Crippen LogP contribution in [0.1, 0.15) is 26.7 Å². The maximum atomic E-state index is 12.0. The van der Waals surface area contributed by atoms with Crippen molar-refractivity contribution in [3.8, 4) is 0 Å². The summed E-state index contributed by atoms with van der Waals surface area (Å²) in [5, 5.41) is 10.8. The van der Waals surface area contributed by atoms with Crippen LogP contribution in [0.4, 0.5) is 0 Å². The van der Waals surface area contributed by atoms with Crippen molar-refractivity contribution in [2.75, 3.05) is 0 Å². The number of aliphatic hydroxyl groups is 1. The van der Waals surface area contributed by atoms with Gasteiger partial charge in [0.05, 0.1) is 5.92 Å². The highest BCUT2D eigenvalue weighted by Crippen LogP contribution is 2.35. The van der Waals surface area contributed by atoms with Gasteiger partial charge in [-0.3, -0.25) is 4.79 Å². The minimum atomic E-state index is -1.36. The van der Waals surface area contributed by atoms with Crippen molar-refractivity contribution < 1.29 is 29.0 Å². The van der Waals surface area contributed by atoms with Gasteiger partial charge < -0.3 is 14.6 Å². The fourth-order valence-electron chi connectivity index (χ4n) is 2.95. The highest BCUT2D eigenvalue weighted by molar-refractivity contribution is 5.91. The van der Waals surface area contributed by atoms with Crippen LogP contribution in [0.15, 0.2) is 47.6 Å². The SMILES string of the molecule is C=C(C)C(=O)O[C@H]1/C(C=O)=C\CC/C(C)=C\[C@H]2OC(=O)C(=C)[C@@H]2[C@@H]1O. The fraction of sp³-hybridized carbons (Fsp3) is 0.421. The standard InChI is InChI=1S/C19H22O6/c1-10(2)18(22)25-17-13(9-20)7-5-6-11(3)8-14-15(16(17)21)12(4)19(23)24-14/h7-9,14-17,21H,1,4-6H2,2-3H3/b11-8-,13-7-/t14-,15+,16+,17+/m1/s1. The number of aldehydes is 1. The van der Waals surface area contributed by atoms with Crippen LogP contribution in [0.2, 0.25) is 0 Å². The van der Waals surface area contributed by atoms with E-state index < -0.39 is 36.2 Å². The first-order chi connectivity index (χ1) is 11.8. The molecule has 0 aromatic heterocycles. The molecular formula is C19H22O6. The first kappa shape index (κ1) is 18.9. The largest absolute Gasteiger partial charge is 0.454 e. The Bertz CT molecular complexity index is 684. The average Bonchev–Trinajstić information content (AvgIpc) is 2.82. The summed E-state index contributed by atoms with van der Waals surface area (Å²) in [6.07, 6.45) is 1.81. The Morgan fingerprint density at radius 2 is 2.16 bits per heavy atom. The van der Waals surface area contributed by atoms with Crippen molar-refractivity contribution in [2.45, 2.75) is 45.0 Å². The van der Waals surface area contributed by atoms with Crippen molar-refractivity contribution in [1.82, 2.24) is 0 Å². The van der Waals surface area contributed by atoms with E-state index in [1.807, 2.05) is 6.92 Å². The summed E-state index contributed by atoms with van der Waals surface area (Å²) in [6.45, 7) is 10.5. The zero-order valence-corrected chi connectivity index (χ0v) is 14.4. The second-order valence-corrected chi connectivity index (χ2v) is 6.39. The number of carbonyl (C=O) groups excluding carboxylic acids is 3. The van der Waals surface area contributed by atoms with Gasteiger partial charge >= 0.3 is 11.9 Å². The lowest BCUT2D eigenvalue weighted by atomic mass is 9.84. The molecule has 2 aliphatic rings. The van der Waals surface area contributed by atoms with Crippen LogP contribution < -0.4 is 0 Å². The smallest absolute Gasteiger partial charge is 0.334 e. The number of rotatable bonds is 3. The molecule has 0 saturated carbocycles. The van der Waals surface area contributed by atoms with E-state index >= 15 is 0 Å². The molecule has 0 unspecified atom stereocenters.